The highest BCUT2D eigenvalue weighted by molar-refractivity contribution is 6.08. The van der Waals surface area contributed by atoms with E-state index < -0.39 is 12.0 Å². The van der Waals surface area contributed by atoms with Gasteiger partial charge in [0.2, 0.25) is 0 Å². The number of primary amides is 1. The van der Waals surface area contributed by atoms with Gasteiger partial charge in [-0.25, -0.2) is 4.79 Å². The normalized spacial score (nSPS) is 16.4. The number of hydrogen-bond acceptors (Lipinski definition) is 3. The van der Waals surface area contributed by atoms with Crippen LogP contribution in [0.2, 0.25) is 0 Å². The molecule has 0 atom stereocenters. The van der Waals surface area contributed by atoms with E-state index in [0.717, 1.165) is 11.1 Å². The number of nitrogens with one attached hydrogen (secondary N) is 1. The topological polar surface area (TPSA) is 103 Å². The molecule has 7 heteroatoms. The van der Waals surface area contributed by atoms with E-state index in [1.165, 1.54) is 4.90 Å². The lowest BCUT2D eigenvalue weighted by Gasteiger charge is -2.52. The molecule has 0 bridgehead atoms. The van der Waals surface area contributed by atoms with Gasteiger partial charge in [0.05, 0.1) is 16.6 Å². The van der Waals surface area contributed by atoms with E-state index in [-0.39, 0.29) is 5.54 Å². The molecule has 1 saturated heterocycles. The van der Waals surface area contributed by atoms with Crippen LogP contribution >= 0.6 is 0 Å². The summed E-state index contributed by atoms with van der Waals surface area (Å²) < 4.78 is 0. The molecular formula is C15H18N4O3. The Morgan fingerprint density at radius 1 is 1.36 bits per heavy atom. The summed E-state index contributed by atoms with van der Waals surface area (Å²) in [7, 11) is 1.94. The molecule has 1 aliphatic heterocycles. The van der Waals surface area contributed by atoms with Crippen molar-refractivity contribution < 1.29 is 14.7 Å². The fourth-order valence-electron chi connectivity index (χ4n) is 3.05. The second-order valence-corrected chi connectivity index (χ2v) is 5.96. The molecule has 1 aromatic heterocycles. The number of likely N-dealkylation sites (N-methyl/N-ethyl adjacent to an activating group) is 1. The highest BCUT2D eigenvalue weighted by Gasteiger charge is 2.45. The summed E-state index contributed by atoms with van der Waals surface area (Å²) in [5, 5.41) is 9.90. The molecule has 4 N–H and O–H groups in total. The van der Waals surface area contributed by atoms with Crippen molar-refractivity contribution in [2.45, 2.75) is 12.5 Å². The van der Waals surface area contributed by atoms with Crippen LogP contribution in [-0.4, -0.2) is 52.7 Å². The van der Waals surface area contributed by atoms with Crippen LogP contribution in [0.25, 0.3) is 10.9 Å². The minimum Gasteiger partial charge on any atom is -0.465 e. The van der Waals surface area contributed by atoms with Crippen molar-refractivity contribution in [2.24, 2.45) is 5.73 Å². The fourth-order valence-corrected chi connectivity index (χ4v) is 3.05. The second kappa shape index (κ2) is 4.66. The van der Waals surface area contributed by atoms with Gasteiger partial charge in [0.1, 0.15) is 0 Å². The number of amides is 2. The van der Waals surface area contributed by atoms with E-state index in [4.69, 9.17) is 10.8 Å². The number of H-pyrrole nitrogens is 1. The Bertz CT molecular complexity index is 761. The standard InChI is InChI=1S/C15H18N4O3/c1-15(7-19(8-15)14(21)22)18(2)11-4-3-10(13(16)20)12-9(11)5-6-17-12/h3-6,17H,7-8H2,1-2H3,(H2,16,20)(H,21,22). The Morgan fingerprint density at radius 3 is 2.64 bits per heavy atom. The molecule has 0 spiro atoms. The highest BCUT2D eigenvalue weighted by Crippen LogP contribution is 2.35. The number of aromatic amines is 1. The van der Waals surface area contributed by atoms with Crippen molar-refractivity contribution in [3.63, 3.8) is 0 Å². The maximum Gasteiger partial charge on any atom is 0.407 e. The molecule has 0 unspecified atom stereocenters. The van der Waals surface area contributed by atoms with Crippen LogP contribution in [-0.2, 0) is 0 Å². The molecule has 22 heavy (non-hydrogen) atoms. The first-order valence-electron chi connectivity index (χ1n) is 6.95. The Balaban J connectivity index is 1.98. The zero-order valence-electron chi connectivity index (χ0n) is 12.5. The third-order valence-electron chi connectivity index (χ3n) is 4.47. The van der Waals surface area contributed by atoms with E-state index in [1.54, 1.807) is 12.3 Å². The summed E-state index contributed by atoms with van der Waals surface area (Å²) in [4.78, 5) is 29.0. The quantitative estimate of drug-likeness (QED) is 0.798. The molecular weight excluding hydrogens is 284 g/mol. The van der Waals surface area contributed by atoms with Crippen LogP contribution in [0.5, 0.6) is 0 Å². The van der Waals surface area contributed by atoms with Gasteiger partial charge >= 0.3 is 6.09 Å². The van der Waals surface area contributed by atoms with Crippen molar-refractivity contribution in [1.82, 2.24) is 9.88 Å². The van der Waals surface area contributed by atoms with Crippen molar-refractivity contribution in [3.05, 3.63) is 30.0 Å². The van der Waals surface area contributed by atoms with Gasteiger partial charge in [0.15, 0.2) is 0 Å². The highest BCUT2D eigenvalue weighted by atomic mass is 16.4. The molecule has 7 nitrogen and oxygen atoms in total. The van der Waals surface area contributed by atoms with Crippen LogP contribution in [0.1, 0.15) is 17.3 Å². The molecule has 1 fully saturated rings. The first-order chi connectivity index (χ1) is 10.3. The zero-order valence-corrected chi connectivity index (χ0v) is 12.5. The monoisotopic (exact) mass is 302 g/mol. The Morgan fingerprint density at radius 2 is 2.05 bits per heavy atom. The van der Waals surface area contributed by atoms with Gasteiger partial charge in [-0.1, -0.05) is 0 Å². The van der Waals surface area contributed by atoms with Gasteiger partial charge < -0.3 is 25.6 Å². The number of carbonyl (C=O) groups is 2. The molecule has 0 radical (unpaired) electrons. The average molecular weight is 302 g/mol. The van der Waals surface area contributed by atoms with E-state index >= 15 is 0 Å². The Hall–Kier alpha value is -2.70. The van der Waals surface area contributed by atoms with Gasteiger partial charge in [-0.05, 0) is 25.1 Å². The predicted octanol–water partition coefficient (Wildman–Crippen LogP) is 1.46. The Labute approximate surface area is 127 Å². The number of aromatic nitrogens is 1. The van der Waals surface area contributed by atoms with Crippen molar-refractivity contribution >= 4 is 28.6 Å². The lowest BCUT2D eigenvalue weighted by Crippen LogP contribution is -2.69. The van der Waals surface area contributed by atoms with E-state index in [0.29, 0.717) is 24.2 Å². The van der Waals surface area contributed by atoms with Gasteiger partial charge in [-0.3, -0.25) is 4.79 Å². The molecule has 116 valence electrons. The number of hydrogen-bond donors (Lipinski definition) is 3. The number of anilines is 1. The van der Waals surface area contributed by atoms with Gasteiger partial charge in [0.25, 0.3) is 5.91 Å². The molecule has 0 saturated carbocycles. The first kappa shape index (κ1) is 14.2. The molecule has 2 amide bonds. The SMILES string of the molecule is CN(c1ccc(C(N)=O)c2[nH]ccc12)C1(C)CN(C(=O)O)C1. The van der Waals surface area contributed by atoms with Crippen LogP contribution < -0.4 is 10.6 Å². The lowest BCUT2D eigenvalue weighted by molar-refractivity contribution is 0.0697. The number of likely N-dealkylation sites (tertiary alicyclic amines) is 1. The van der Waals surface area contributed by atoms with Gasteiger partial charge in [-0.15, -0.1) is 0 Å². The molecule has 2 aromatic rings. The third-order valence-corrected chi connectivity index (χ3v) is 4.47. The molecule has 2 heterocycles. The minimum absolute atomic E-state index is 0.267. The molecule has 1 aliphatic rings. The van der Waals surface area contributed by atoms with Crippen LogP contribution in [0, 0.1) is 0 Å². The maximum atomic E-state index is 11.5. The summed E-state index contributed by atoms with van der Waals surface area (Å²) in [6, 6.07) is 5.44. The van der Waals surface area contributed by atoms with E-state index in [1.807, 2.05) is 26.1 Å². The number of carbonyl (C=O) groups excluding carboxylic acids is 1. The number of benzene rings is 1. The number of nitrogens with zero attached hydrogens (tertiary/aromatic N) is 2. The van der Waals surface area contributed by atoms with Crippen LogP contribution in [0.4, 0.5) is 10.5 Å². The van der Waals surface area contributed by atoms with E-state index in [2.05, 4.69) is 9.88 Å². The van der Waals surface area contributed by atoms with Crippen molar-refractivity contribution in [3.8, 4) is 0 Å². The summed E-state index contributed by atoms with van der Waals surface area (Å²) >= 11 is 0. The number of rotatable bonds is 3. The predicted molar refractivity (Wildman–Crippen MR) is 83.2 cm³/mol. The molecule has 1 aromatic carbocycles. The average Bonchev–Trinajstić information content (AvgIpc) is 2.90. The summed E-state index contributed by atoms with van der Waals surface area (Å²) in [6.45, 7) is 2.91. The molecule has 3 rings (SSSR count). The van der Waals surface area contributed by atoms with Crippen LogP contribution in [0.15, 0.2) is 24.4 Å². The zero-order chi connectivity index (χ0) is 16.1. The number of nitrogens with two attached hydrogens (primary N) is 1. The lowest BCUT2D eigenvalue weighted by atomic mass is 9.89. The fraction of sp³-hybridized carbons (Fsp3) is 0.333. The number of fused-ring (bicyclic) bond motifs is 1. The number of carboxylic acid groups (broad SMARTS) is 1. The first-order valence-corrected chi connectivity index (χ1v) is 6.95. The van der Waals surface area contributed by atoms with Crippen molar-refractivity contribution in [2.75, 3.05) is 25.0 Å². The summed E-state index contributed by atoms with van der Waals surface area (Å²) in [6.07, 6.45) is 0.864. The van der Waals surface area contributed by atoms with Gasteiger partial charge in [-0.2, -0.15) is 0 Å². The Kier molecular flexibility index (Phi) is 3.01. The van der Waals surface area contributed by atoms with Crippen LogP contribution in [0.3, 0.4) is 0 Å². The van der Waals surface area contributed by atoms with Crippen molar-refractivity contribution in [1.29, 1.82) is 0 Å². The second-order valence-electron chi connectivity index (χ2n) is 5.96. The minimum atomic E-state index is -0.901. The maximum absolute atomic E-state index is 11.5. The largest absolute Gasteiger partial charge is 0.465 e. The van der Waals surface area contributed by atoms with Gasteiger partial charge in [0, 0.05) is 37.4 Å². The smallest absolute Gasteiger partial charge is 0.407 e. The van der Waals surface area contributed by atoms with E-state index in [9.17, 15) is 9.59 Å². The molecule has 0 aliphatic carbocycles. The summed E-state index contributed by atoms with van der Waals surface area (Å²) in [5.41, 5.74) is 7.22. The third kappa shape index (κ3) is 1.97. The summed E-state index contributed by atoms with van der Waals surface area (Å²) in [5.74, 6) is -0.478.